The van der Waals surface area contributed by atoms with Crippen LogP contribution in [0, 0.1) is 0 Å². The minimum Gasteiger partial charge on any atom is -0.351 e. The smallest absolute Gasteiger partial charge is 0.321 e. The van der Waals surface area contributed by atoms with Gasteiger partial charge in [0.1, 0.15) is 0 Å². The van der Waals surface area contributed by atoms with Crippen molar-refractivity contribution in [3.63, 3.8) is 0 Å². The number of amides is 2. The van der Waals surface area contributed by atoms with Crippen molar-refractivity contribution in [2.24, 2.45) is 7.05 Å². The molecule has 1 aromatic carbocycles. The lowest BCUT2D eigenvalue weighted by Gasteiger charge is -2.26. The van der Waals surface area contributed by atoms with Crippen molar-refractivity contribution in [2.75, 3.05) is 18.4 Å². The number of aryl methyl sites for hydroxylation is 1. The Morgan fingerprint density at radius 1 is 1.16 bits per heavy atom. The number of aromatic nitrogens is 1. The largest absolute Gasteiger partial charge is 0.351 e. The highest BCUT2D eigenvalue weighted by molar-refractivity contribution is 5.93. The zero-order valence-electron chi connectivity index (χ0n) is 11.2. The van der Waals surface area contributed by atoms with Gasteiger partial charge >= 0.3 is 6.03 Å². The van der Waals surface area contributed by atoms with E-state index in [4.69, 9.17) is 0 Å². The Morgan fingerprint density at radius 2 is 1.95 bits per heavy atom. The lowest BCUT2D eigenvalue weighted by molar-refractivity contribution is 0.200. The molecule has 100 valence electrons. The molecule has 0 aliphatic carbocycles. The summed E-state index contributed by atoms with van der Waals surface area (Å²) in [6.45, 7) is 1.75. The summed E-state index contributed by atoms with van der Waals surface area (Å²) in [7, 11) is 2.02. The number of rotatable bonds is 1. The van der Waals surface area contributed by atoms with Gasteiger partial charge in [-0.3, -0.25) is 0 Å². The molecular formula is C15H19N3O. The third kappa shape index (κ3) is 2.43. The molecule has 1 aromatic heterocycles. The summed E-state index contributed by atoms with van der Waals surface area (Å²) in [6.07, 6.45) is 5.50. The van der Waals surface area contributed by atoms with E-state index in [0.29, 0.717) is 0 Å². The molecule has 2 amide bonds. The van der Waals surface area contributed by atoms with Crippen LogP contribution >= 0.6 is 0 Å². The molecule has 1 aliphatic rings. The number of fused-ring (bicyclic) bond motifs is 1. The first-order valence-electron chi connectivity index (χ1n) is 6.85. The molecule has 3 rings (SSSR count). The maximum Gasteiger partial charge on any atom is 0.321 e. The summed E-state index contributed by atoms with van der Waals surface area (Å²) in [6, 6.07) is 8.11. The predicted octanol–water partition coefficient (Wildman–Crippen LogP) is 3.20. The number of urea groups is 1. The van der Waals surface area contributed by atoms with Crippen LogP contribution in [0.2, 0.25) is 0 Å². The Balaban J connectivity index is 1.75. The van der Waals surface area contributed by atoms with E-state index in [1.165, 1.54) is 11.9 Å². The summed E-state index contributed by atoms with van der Waals surface area (Å²) in [4.78, 5) is 14.0. The molecule has 2 heterocycles. The molecule has 1 N–H and O–H groups in total. The average molecular weight is 257 g/mol. The Labute approximate surface area is 113 Å². The second-order valence-corrected chi connectivity index (χ2v) is 5.18. The van der Waals surface area contributed by atoms with Crippen LogP contribution in [0.4, 0.5) is 10.5 Å². The summed E-state index contributed by atoms with van der Waals surface area (Å²) < 4.78 is 2.07. The molecular weight excluding hydrogens is 238 g/mol. The van der Waals surface area contributed by atoms with Crippen LogP contribution in [-0.4, -0.2) is 28.6 Å². The van der Waals surface area contributed by atoms with E-state index in [-0.39, 0.29) is 6.03 Å². The lowest BCUT2D eigenvalue weighted by Crippen LogP contribution is -2.38. The SMILES string of the molecule is Cn1ccc2cc(NC(=O)N3CCCCC3)ccc21. The summed E-state index contributed by atoms with van der Waals surface area (Å²) >= 11 is 0. The minimum absolute atomic E-state index is 0.0231. The number of benzene rings is 1. The van der Waals surface area contributed by atoms with Crippen LogP contribution in [-0.2, 0) is 7.05 Å². The first-order chi connectivity index (χ1) is 9.24. The van der Waals surface area contributed by atoms with Crippen molar-refractivity contribution in [2.45, 2.75) is 19.3 Å². The first kappa shape index (κ1) is 12.1. The number of likely N-dealkylation sites (tertiary alicyclic amines) is 1. The van der Waals surface area contributed by atoms with Gasteiger partial charge in [-0.15, -0.1) is 0 Å². The van der Waals surface area contributed by atoms with E-state index in [0.717, 1.165) is 37.0 Å². The molecule has 0 radical (unpaired) electrons. The van der Waals surface area contributed by atoms with Gasteiger partial charge in [0.05, 0.1) is 0 Å². The molecule has 19 heavy (non-hydrogen) atoms. The lowest BCUT2D eigenvalue weighted by atomic mass is 10.1. The Hall–Kier alpha value is -1.97. The maximum atomic E-state index is 12.1. The van der Waals surface area contributed by atoms with Gasteiger partial charge in [0, 0.05) is 42.9 Å². The van der Waals surface area contributed by atoms with Gasteiger partial charge in [-0.25, -0.2) is 4.79 Å². The number of piperidine rings is 1. The Kier molecular flexibility index (Phi) is 3.15. The Bertz CT molecular complexity index is 596. The summed E-state index contributed by atoms with van der Waals surface area (Å²) in [5.41, 5.74) is 2.05. The molecule has 0 saturated carbocycles. The van der Waals surface area contributed by atoms with Crippen LogP contribution < -0.4 is 5.32 Å². The highest BCUT2D eigenvalue weighted by atomic mass is 16.2. The van der Waals surface area contributed by atoms with Crippen LogP contribution in [0.3, 0.4) is 0 Å². The fourth-order valence-electron chi connectivity index (χ4n) is 2.66. The summed E-state index contributed by atoms with van der Waals surface area (Å²) in [5, 5.41) is 4.14. The second-order valence-electron chi connectivity index (χ2n) is 5.18. The fraction of sp³-hybridized carbons (Fsp3) is 0.400. The van der Waals surface area contributed by atoms with Gasteiger partial charge in [-0.2, -0.15) is 0 Å². The molecule has 4 heteroatoms. The zero-order chi connectivity index (χ0) is 13.2. The van der Waals surface area contributed by atoms with Crippen molar-refractivity contribution >= 4 is 22.6 Å². The fourth-order valence-corrected chi connectivity index (χ4v) is 2.66. The quantitative estimate of drug-likeness (QED) is 0.837. The first-order valence-corrected chi connectivity index (χ1v) is 6.85. The molecule has 4 nitrogen and oxygen atoms in total. The van der Waals surface area contributed by atoms with Crippen molar-refractivity contribution < 1.29 is 4.79 Å². The molecule has 0 bridgehead atoms. The highest BCUT2D eigenvalue weighted by Crippen LogP contribution is 2.20. The van der Waals surface area contributed by atoms with Crippen LogP contribution in [0.5, 0.6) is 0 Å². The van der Waals surface area contributed by atoms with Crippen molar-refractivity contribution in [3.05, 3.63) is 30.5 Å². The topological polar surface area (TPSA) is 37.3 Å². The van der Waals surface area contributed by atoms with E-state index in [2.05, 4.69) is 16.0 Å². The molecule has 0 unspecified atom stereocenters. The van der Waals surface area contributed by atoms with Crippen molar-refractivity contribution in [1.29, 1.82) is 0 Å². The number of carbonyl (C=O) groups is 1. The van der Waals surface area contributed by atoms with Gasteiger partial charge < -0.3 is 14.8 Å². The number of hydrogen-bond acceptors (Lipinski definition) is 1. The van der Waals surface area contributed by atoms with E-state index in [1.807, 2.05) is 36.3 Å². The maximum absolute atomic E-state index is 12.1. The third-order valence-electron chi connectivity index (χ3n) is 3.78. The number of carbonyl (C=O) groups excluding carboxylic acids is 1. The number of nitrogens with zero attached hydrogens (tertiary/aromatic N) is 2. The zero-order valence-corrected chi connectivity index (χ0v) is 11.2. The number of hydrogen-bond donors (Lipinski definition) is 1. The molecule has 0 spiro atoms. The van der Waals surface area contributed by atoms with Gasteiger partial charge in [0.15, 0.2) is 0 Å². The van der Waals surface area contributed by atoms with Gasteiger partial charge in [-0.1, -0.05) is 0 Å². The average Bonchev–Trinajstić information content (AvgIpc) is 2.81. The van der Waals surface area contributed by atoms with E-state index < -0.39 is 0 Å². The van der Waals surface area contributed by atoms with Crippen LogP contribution in [0.25, 0.3) is 10.9 Å². The predicted molar refractivity (Wildman–Crippen MR) is 77.4 cm³/mol. The van der Waals surface area contributed by atoms with Crippen LogP contribution in [0.15, 0.2) is 30.5 Å². The third-order valence-corrected chi connectivity index (χ3v) is 3.78. The molecule has 1 aliphatic heterocycles. The second kappa shape index (κ2) is 4.96. The number of nitrogens with one attached hydrogen (secondary N) is 1. The molecule has 0 atom stereocenters. The van der Waals surface area contributed by atoms with E-state index in [1.54, 1.807) is 0 Å². The van der Waals surface area contributed by atoms with E-state index >= 15 is 0 Å². The molecule has 1 saturated heterocycles. The normalized spacial score (nSPS) is 15.7. The van der Waals surface area contributed by atoms with Gasteiger partial charge in [0.25, 0.3) is 0 Å². The van der Waals surface area contributed by atoms with E-state index in [9.17, 15) is 4.79 Å². The van der Waals surface area contributed by atoms with Gasteiger partial charge in [0.2, 0.25) is 0 Å². The Morgan fingerprint density at radius 3 is 2.74 bits per heavy atom. The minimum atomic E-state index is 0.0231. The van der Waals surface area contributed by atoms with Crippen molar-refractivity contribution in [1.82, 2.24) is 9.47 Å². The highest BCUT2D eigenvalue weighted by Gasteiger charge is 2.16. The molecule has 2 aromatic rings. The van der Waals surface area contributed by atoms with Crippen LogP contribution in [0.1, 0.15) is 19.3 Å². The monoisotopic (exact) mass is 257 g/mol. The van der Waals surface area contributed by atoms with Gasteiger partial charge in [-0.05, 0) is 43.5 Å². The van der Waals surface area contributed by atoms with Crippen molar-refractivity contribution in [3.8, 4) is 0 Å². The summed E-state index contributed by atoms with van der Waals surface area (Å²) in [5.74, 6) is 0. The standard InChI is InChI=1S/C15H19N3O/c1-17-10-7-12-11-13(5-6-14(12)17)16-15(19)18-8-3-2-4-9-18/h5-7,10-11H,2-4,8-9H2,1H3,(H,16,19). The molecule has 1 fully saturated rings. The number of anilines is 1.